The molecule has 3 rings (SSSR count). The summed E-state index contributed by atoms with van der Waals surface area (Å²) in [5, 5.41) is 21.5. The molecule has 170 valence electrons. The van der Waals surface area contributed by atoms with E-state index < -0.39 is 17.7 Å². The number of carbonyl (C=O) groups excluding carboxylic acids is 2. The molecule has 1 heterocycles. The van der Waals surface area contributed by atoms with Gasteiger partial charge in [-0.05, 0) is 62.5 Å². The number of ketones is 1. The summed E-state index contributed by atoms with van der Waals surface area (Å²) in [4.78, 5) is 29.3. The highest BCUT2D eigenvalue weighted by Gasteiger charge is 2.46. The molecule has 0 aromatic heterocycles. The maximum Gasteiger partial charge on any atom is 0.295 e. The molecule has 8 heteroatoms. The van der Waals surface area contributed by atoms with Crippen molar-refractivity contribution < 1.29 is 29.3 Å². The van der Waals surface area contributed by atoms with Gasteiger partial charge in [0.25, 0.3) is 11.7 Å². The Bertz CT molecular complexity index is 1080. The number of rotatable bonds is 7. The van der Waals surface area contributed by atoms with E-state index >= 15 is 0 Å². The van der Waals surface area contributed by atoms with Crippen LogP contribution in [0.2, 0.25) is 0 Å². The first-order valence-corrected chi connectivity index (χ1v) is 10.1. The smallest absolute Gasteiger partial charge is 0.295 e. The number of amides is 1. The van der Waals surface area contributed by atoms with Gasteiger partial charge in [-0.3, -0.25) is 9.59 Å². The Morgan fingerprint density at radius 3 is 2.38 bits per heavy atom. The van der Waals surface area contributed by atoms with Crippen LogP contribution in [0.5, 0.6) is 17.2 Å². The average molecular weight is 440 g/mol. The van der Waals surface area contributed by atoms with Crippen molar-refractivity contribution in [2.75, 3.05) is 41.4 Å². The zero-order valence-corrected chi connectivity index (χ0v) is 18.9. The average Bonchev–Trinajstić information content (AvgIpc) is 3.01. The van der Waals surface area contributed by atoms with Gasteiger partial charge in [0.15, 0.2) is 11.5 Å². The molecule has 0 radical (unpaired) electrons. The molecule has 1 amide bonds. The van der Waals surface area contributed by atoms with Gasteiger partial charge in [0.1, 0.15) is 11.5 Å². The summed E-state index contributed by atoms with van der Waals surface area (Å²) >= 11 is 0. The topological polar surface area (TPSA) is 99.5 Å². The predicted molar refractivity (Wildman–Crippen MR) is 120 cm³/mol. The predicted octanol–water partition coefficient (Wildman–Crippen LogP) is 2.70. The Hall–Kier alpha value is -3.52. The van der Waals surface area contributed by atoms with E-state index in [1.165, 1.54) is 18.1 Å². The maximum atomic E-state index is 13.1. The van der Waals surface area contributed by atoms with Crippen molar-refractivity contribution in [2.45, 2.75) is 13.0 Å². The van der Waals surface area contributed by atoms with Crippen molar-refractivity contribution in [3.8, 4) is 17.2 Å². The Kier molecular flexibility index (Phi) is 6.74. The monoisotopic (exact) mass is 440 g/mol. The highest BCUT2D eigenvalue weighted by molar-refractivity contribution is 6.46. The Balaban J connectivity index is 2.19. The second kappa shape index (κ2) is 9.32. The van der Waals surface area contributed by atoms with Crippen LogP contribution in [0.25, 0.3) is 5.76 Å². The molecule has 0 bridgehead atoms. The molecule has 8 nitrogen and oxygen atoms in total. The molecule has 1 aliphatic heterocycles. The minimum absolute atomic E-state index is 0.0217. The van der Waals surface area contributed by atoms with Gasteiger partial charge in [-0.2, -0.15) is 0 Å². The summed E-state index contributed by atoms with van der Waals surface area (Å²) in [5.74, 6) is -0.969. The van der Waals surface area contributed by atoms with Crippen molar-refractivity contribution in [1.29, 1.82) is 0 Å². The summed E-state index contributed by atoms with van der Waals surface area (Å²) in [5.41, 5.74) is 1.59. The first-order valence-electron chi connectivity index (χ1n) is 10.1. The number of methoxy groups -OCH3 is 2. The number of nitrogens with zero attached hydrogens (tertiary/aromatic N) is 2. The van der Waals surface area contributed by atoms with Crippen molar-refractivity contribution in [1.82, 2.24) is 9.80 Å². The van der Waals surface area contributed by atoms with E-state index in [1.807, 2.05) is 19.0 Å². The van der Waals surface area contributed by atoms with Gasteiger partial charge in [-0.15, -0.1) is 0 Å². The fourth-order valence-electron chi connectivity index (χ4n) is 3.82. The van der Waals surface area contributed by atoms with Gasteiger partial charge >= 0.3 is 0 Å². The lowest BCUT2D eigenvalue weighted by atomic mass is 9.93. The summed E-state index contributed by atoms with van der Waals surface area (Å²) in [7, 11) is 6.71. The van der Waals surface area contributed by atoms with Crippen LogP contribution in [-0.2, 0) is 9.59 Å². The van der Waals surface area contributed by atoms with E-state index in [9.17, 15) is 19.8 Å². The van der Waals surface area contributed by atoms with Gasteiger partial charge in [-0.25, -0.2) is 0 Å². The number of hydrogen-bond donors (Lipinski definition) is 2. The van der Waals surface area contributed by atoms with E-state index in [1.54, 1.807) is 44.4 Å². The summed E-state index contributed by atoms with van der Waals surface area (Å²) in [6.07, 6.45) is 0. The number of aliphatic hydroxyl groups excluding tert-OH is 1. The molecule has 0 saturated carbocycles. The Morgan fingerprint density at radius 1 is 1.09 bits per heavy atom. The SMILES string of the molecule is COc1ccc(/C(O)=C2/C(=O)C(=O)N(CCN(C)C)C2c2ccc(OC)c(O)c2)c(C)c1. The van der Waals surface area contributed by atoms with Gasteiger partial charge in [-0.1, -0.05) is 6.07 Å². The molecule has 1 saturated heterocycles. The molecule has 1 aliphatic rings. The summed E-state index contributed by atoms with van der Waals surface area (Å²) < 4.78 is 10.3. The fraction of sp³-hybridized carbons (Fsp3) is 0.333. The number of phenols is 1. The minimum Gasteiger partial charge on any atom is -0.507 e. The molecule has 2 aromatic rings. The maximum absolute atomic E-state index is 13.1. The van der Waals surface area contributed by atoms with Crippen LogP contribution in [-0.4, -0.2) is 73.1 Å². The quantitative estimate of drug-likeness (QED) is 0.388. The molecule has 2 aromatic carbocycles. The zero-order valence-electron chi connectivity index (χ0n) is 18.9. The number of carbonyl (C=O) groups is 2. The number of Topliss-reactive ketones (excluding diaryl/α,β-unsaturated/α-hetero) is 1. The number of benzene rings is 2. The molecular formula is C24H28N2O6. The van der Waals surface area contributed by atoms with Gasteiger partial charge in [0, 0.05) is 18.7 Å². The zero-order chi connectivity index (χ0) is 23.6. The molecule has 1 unspecified atom stereocenters. The highest BCUT2D eigenvalue weighted by atomic mass is 16.5. The lowest BCUT2D eigenvalue weighted by Gasteiger charge is -2.27. The number of likely N-dealkylation sites (tertiary alicyclic amines) is 1. The third-order valence-corrected chi connectivity index (χ3v) is 5.54. The summed E-state index contributed by atoms with van der Waals surface area (Å²) in [6.45, 7) is 2.58. The third kappa shape index (κ3) is 4.27. The van der Waals surface area contributed by atoms with Crippen LogP contribution >= 0.6 is 0 Å². The van der Waals surface area contributed by atoms with Crippen molar-refractivity contribution >= 4 is 17.4 Å². The molecule has 0 spiro atoms. The van der Waals surface area contributed by atoms with Crippen LogP contribution < -0.4 is 9.47 Å². The standard InChI is InChI=1S/C24H28N2O6/c1-14-12-16(31-4)7-8-17(14)22(28)20-21(15-6-9-19(32-5)18(27)13-15)26(11-10-25(2)3)24(30)23(20)29/h6-9,12-13,21,27-28H,10-11H2,1-5H3/b22-20-. The lowest BCUT2D eigenvalue weighted by molar-refractivity contribution is -0.140. The molecule has 2 N–H and O–H groups in total. The molecule has 1 atom stereocenters. The van der Waals surface area contributed by atoms with Crippen molar-refractivity contribution in [3.05, 3.63) is 58.7 Å². The largest absolute Gasteiger partial charge is 0.507 e. The third-order valence-electron chi connectivity index (χ3n) is 5.54. The van der Waals surface area contributed by atoms with E-state index in [4.69, 9.17) is 9.47 Å². The van der Waals surface area contributed by atoms with Gasteiger partial charge < -0.3 is 29.5 Å². The Labute approximate surface area is 187 Å². The first-order chi connectivity index (χ1) is 15.2. The van der Waals surface area contributed by atoms with Gasteiger partial charge in [0.05, 0.1) is 25.8 Å². The van der Waals surface area contributed by atoms with Crippen LogP contribution in [0.4, 0.5) is 0 Å². The molecule has 32 heavy (non-hydrogen) atoms. The number of aliphatic hydroxyl groups is 1. The van der Waals surface area contributed by atoms with E-state index in [0.29, 0.717) is 29.0 Å². The van der Waals surface area contributed by atoms with Crippen LogP contribution in [0.1, 0.15) is 22.7 Å². The van der Waals surface area contributed by atoms with Crippen molar-refractivity contribution in [3.63, 3.8) is 0 Å². The number of aromatic hydroxyl groups is 1. The number of hydrogen-bond acceptors (Lipinski definition) is 7. The van der Waals surface area contributed by atoms with E-state index in [0.717, 1.165) is 0 Å². The Morgan fingerprint density at radius 2 is 1.81 bits per heavy atom. The first kappa shape index (κ1) is 23.1. The second-order valence-electron chi connectivity index (χ2n) is 7.91. The fourth-order valence-corrected chi connectivity index (χ4v) is 3.82. The number of ether oxygens (including phenoxy) is 2. The molecular weight excluding hydrogens is 412 g/mol. The lowest BCUT2D eigenvalue weighted by Crippen LogP contribution is -2.35. The number of likely N-dealkylation sites (N-methyl/N-ethyl adjacent to an activating group) is 1. The number of phenolic OH excluding ortho intramolecular Hbond substituents is 1. The van der Waals surface area contributed by atoms with Crippen LogP contribution in [0.3, 0.4) is 0 Å². The normalized spacial score (nSPS) is 17.8. The highest BCUT2D eigenvalue weighted by Crippen LogP contribution is 2.42. The van der Waals surface area contributed by atoms with Crippen LogP contribution in [0, 0.1) is 6.92 Å². The van der Waals surface area contributed by atoms with E-state index in [2.05, 4.69) is 0 Å². The van der Waals surface area contributed by atoms with Crippen LogP contribution in [0.15, 0.2) is 42.0 Å². The van der Waals surface area contributed by atoms with E-state index in [-0.39, 0.29) is 29.4 Å². The molecule has 1 fully saturated rings. The number of aryl methyl sites for hydroxylation is 1. The van der Waals surface area contributed by atoms with Gasteiger partial charge in [0.2, 0.25) is 0 Å². The molecule has 0 aliphatic carbocycles. The minimum atomic E-state index is -0.853. The summed E-state index contributed by atoms with van der Waals surface area (Å²) in [6, 6.07) is 8.91. The second-order valence-corrected chi connectivity index (χ2v) is 7.91. The van der Waals surface area contributed by atoms with Crippen molar-refractivity contribution in [2.24, 2.45) is 0 Å².